The minimum Gasteiger partial charge on any atom is -0.321 e. The predicted octanol–water partition coefficient (Wildman–Crippen LogP) is 4.94. The lowest BCUT2D eigenvalue weighted by Gasteiger charge is -2.13. The molecule has 20 heavy (non-hydrogen) atoms. The smallest absolute Gasteiger partial charge is 0.255 e. The fourth-order valence-electron chi connectivity index (χ4n) is 2.25. The van der Waals surface area contributed by atoms with Crippen molar-refractivity contribution in [1.29, 1.82) is 0 Å². The lowest BCUT2D eigenvalue weighted by molar-refractivity contribution is 0.102. The Balaban J connectivity index is 2.36. The van der Waals surface area contributed by atoms with Crippen LogP contribution in [0.15, 0.2) is 34.8 Å². The van der Waals surface area contributed by atoms with E-state index in [2.05, 4.69) is 27.3 Å². The fraction of sp³-hybridized carbons (Fsp3) is 0.235. The van der Waals surface area contributed by atoms with E-state index in [0.29, 0.717) is 0 Å². The molecule has 1 N–H and O–H groups in total. The molecule has 0 heterocycles. The van der Waals surface area contributed by atoms with Crippen molar-refractivity contribution in [2.45, 2.75) is 27.7 Å². The first kappa shape index (κ1) is 14.8. The van der Waals surface area contributed by atoms with Crippen LogP contribution in [0, 0.1) is 27.7 Å². The zero-order valence-corrected chi connectivity index (χ0v) is 13.8. The van der Waals surface area contributed by atoms with Gasteiger partial charge in [0, 0.05) is 10.0 Å². The van der Waals surface area contributed by atoms with Gasteiger partial charge in [-0.05, 0) is 78.0 Å². The number of amides is 1. The molecular weight excluding hydrogens is 314 g/mol. The molecule has 2 nitrogen and oxygen atoms in total. The molecule has 0 aliphatic rings. The number of carbonyl (C=O) groups excluding carboxylic acids is 1. The summed E-state index contributed by atoms with van der Waals surface area (Å²) in [7, 11) is 0. The van der Waals surface area contributed by atoms with Gasteiger partial charge in [-0.3, -0.25) is 4.79 Å². The monoisotopic (exact) mass is 331 g/mol. The molecule has 0 unspecified atom stereocenters. The normalized spacial score (nSPS) is 10.4. The van der Waals surface area contributed by atoms with Crippen LogP contribution in [0.5, 0.6) is 0 Å². The van der Waals surface area contributed by atoms with Crippen molar-refractivity contribution < 1.29 is 4.79 Å². The maximum absolute atomic E-state index is 12.4. The molecule has 0 aliphatic carbocycles. The van der Waals surface area contributed by atoms with Crippen LogP contribution in [-0.2, 0) is 0 Å². The predicted molar refractivity (Wildman–Crippen MR) is 87.5 cm³/mol. The highest BCUT2D eigenvalue weighted by Crippen LogP contribution is 2.28. The Morgan fingerprint density at radius 2 is 1.75 bits per heavy atom. The fourth-order valence-corrected chi connectivity index (χ4v) is 3.02. The van der Waals surface area contributed by atoms with Gasteiger partial charge in [0.15, 0.2) is 0 Å². The van der Waals surface area contributed by atoms with Gasteiger partial charge in [-0.15, -0.1) is 0 Å². The Hall–Kier alpha value is -1.61. The van der Waals surface area contributed by atoms with Gasteiger partial charge in [0.1, 0.15) is 0 Å². The van der Waals surface area contributed by atoms with Gasteiger partial charge >= 0.3 is 0 Å². The van der Waals surface area contributed by atoms with Gasteiger partial charge in [-0.1, -0.05) is 18.2 Å². The van der Waals surface area contributed by atoms with E-state index >= 15 is 0 Å². The molecule has 0 spiro atoms. The van der Waals surface area contributed by atoms with E-state index in [0.717, 1.165) is 32.4 Å². The van der Waals surface area contributed by atoms with Crippen molar-refractivity contribution in [3.63, 3.8) is 0 Å². The Morgan fingerprint density at radius 3 is 2.40 bits per heavy atom. The van der Waals surface area contributed by atoms with Crippen LogP contribution in [0.2, 0.25) is 0 Å². The third-order valence-corrected chi connectivity index (χ3v) is 4.14. The average molecular weight is 332 g/mol. The van der Waals surface area contributed by atoms with E-state index in [1.807, 2.05) is 52.0 Å². The second-order valence-corrected chi connectivity index (χ2v) is 5.99. The molecule has 0 aliphatic heterocycles. The first-order chi connectivity index (χ1) is 9.40. The molecule has 0 saturated carbocycles. The van der Waals surface area contributed by atoms with Crippen molar-refractivity contribution in [2.24, 2.45) is 0 Å². The van der Waals surface area contributed by atoms with Crippen LogP contribution in [0.1, 0.15) is 32.6 Å². The van der Waals surface area contributed by atoms with Crippen molar-refractivity contribution in [3.8, 4) is 0 Å². The van der Waals surface area contributed by atoms with E-state index in [1.54, 1.807) is 0 Å². The number of benzene rings is 2. The molecule has 0 fully saturated rings. The number of aryl methyl sites for hydroxylation is 3. The molecule has 2 aromatic carbocycles. The van der Waals surface area contributed by atoms with Gasteiger partial charge < -0.3 is 5.32 Å². The second kappa shape index (κ2) is 5.80. The number of carbonyl (C=O) groups is 1. The highest BCUT2D eigenvalue weighted by atomic mass is 79.9. The Morgan fingerprint density at radius 1 is 1.05 bits per heavy atom. The highest BCUT2D eigenvalue weighted by Gasteiger charge is 2.13. The lowest BCUT2D eigenvalue weighted by Crippen LogP contribution is -2.15. The summed E-state index contributed by atoms with van der Waals surface area (Å²) in [6.07, 6.45) is 0. The average Bonchev–Trinajstić information content (AvgIpc) is 2.36. The summed E-state index contributed by atoms with van der Waals surface area (Å²) in [6, 6.07) is 9.84. The van der Waals surface area contributed by atoms with Crippen molar-refractivity contribution in [3.05, 3.63) is 62.6 Å². The maximum Gasteiger partial charge on any atom is 0.255 e. The summed E-state index contributed by atoms with van der Waals surface area (Å²) in [6.45, 7) is 8.02. The van der Waals surface area contributed by atoms with Crippen LogP contribution in [0.25, 0.3) is 0 Å². The minimum absolute atomic E-state index is 0.0705. The Bertz CT molecular complexity index is 654. The van der Waals surface area contributed by atoms with Crippen LogP contribution >= 0.6 is 15.9 Å². The van der Waals surface area contributed by atoms with Crippen LogP contribution < -0.4 is 5.32 Å². The maximum atomic E-state index is 12.4. The standard InChI is InChI=1S/C17H18BrNO/c1-10-8-12(3)16(15(18)9-10)19-17(20)14-7-5-6-11(2)13(14)4/h5-9H,1-4H3,(H,19,20). The molecule has 104 valence electrons. The van der Waals surface area contributed by atoms with E-state index in [4.69, 9.17) is 0 Å². The zero-order valence-electron chi connectivity index (χ0n) is 12.2. The van der Waals surface area contributed by atoms with Gasteiger partial charge in [0.2, 0.25) is 0 Å². The molecule has 0 aromatic heterocycles. The molecule has 3 heteroatoms. The van der Waals surface area contributed by atoms with E-state index in [1.165, 1.54) is 5.56 Å². The summed E-state index contributed by atoms with van der Waals surface area (Å²) in [5.41, 5.74) is 5.91. The molecule has 1 amide bonds. The van der Waals surface area contributed by atoms with Gasteiger partial charge in [0.05, 0.1) is 5.69 Å². The highest BCUT2D eigenvalue weighted by molar-refractivity contribution is 9.10. The van der Waals surface area contributed by atoms with Crippen LogP contribution in [0.3, 0.4) is 0 Å². The Labute approximate surface area is 128 Å². The molecule has 2 aromatic rings. The first-order valence-electron chi connectivity index (χ1n) is 6.54. The minimum atomic E-state index is -0.0705. The van der Waals surface area contributed by atoms with Gasteiger partial charge in [-0.25, -0.2) is 0 Å². The van der Waals surface area contributed by atoms with E-state index < -0.39 is 0 Å². The topological polar surface area (TPSA) is 29.1 Å². The largest absolute Gasteiger partial charge is 0.321 e. The third kappa shape index (κ3) is 2.93. The van der Waals surface area contributed by atoms with E-state index in [9.17, 15) is 4.79 Å². The summed E-state index contributed by atoms with van der Waals surface area (Å²) < 4.78 is 0.911. The summed E-state index contributed by atoms with van der Waals surface area (Å²) in [4.78, 5) is 12.4. The number of rotatable bonds is 2. The quantitative estimate of drug-likeness (QED) is 0.830. The number of hydrogen-bond donors (Lipinski definition) is 1. The molecule has 0 bridgehead atoms. The van der Waals surface area contributed by atoms with Crippen molar-refractivity contribution in [1.82, 2.24) is 0 Å². The number of nitrogens with one attached hydrogen (secondary N) is 1. The number of hydrogen-bond acceptors (Lipinski definition) is 1. The van der Waals surface area contributed by atoms with Crippen molar-refractivity contribution in [2.75, 3.05) is 5.32 Å². The van der Waals surface area contributed by atoms with Crippen LogP contribution in [0.4, 0.5) is 5.69 Å². The van der Waals surface area contributed by atoms with Gasteiger partial charge in [0.25, 0.3) is 5.91 Å². The number of halogens is 1. The number of anilines is 1. The Kier molecular flexibility index (Phi) is 4.29. The zero-order chi connectivity index (χ0) is 14.9. The molecular formula is C17H18BrNO. The summed E-state index contributed by atoms with van der Waals surface area (Å²) in [5, 5.41) is 3.00. The second-order valence-electron chi connectivity index (χ2n) is 5.14. The summed E-state index contributed by atoms with van der Waals surface area (Å²) >= 11 is 3.52. The SMILES string of the molecule is Cc1cc(C)c(NC(=O)c2cccc(C)c2C)c(Br)c1. The first-order valence-corrected chi connectivity index (χ1v) is 7.33. The van der Waals surface area contributed by atoms with Crippen LogP contribution in [-0.4, -0.2) is 5.91 Å². The molecule has 0 radical (unpaired) electrons. The molecule has 2 rings (SSSR count). The van der Waals surface area contributed by atoms with Crippen molar-refractivity contribution >= 4 is 27.5 Å². The molecule has 0 atom stereocenters. The summed E-state index contributed by atoms with van der Waals surface area (Å²) in [5.74, 6) is -0.0705. The third-order valence-electron chi connectivity index (χ3n) is 3.52. The van der Waals surface area contributed by atoms with Gasteiger partial charge in [-0.2, -0.15) is 0 Å². The van der Waals surface area contributed by atoms with E-state index in [-0.39, 0.29) is 5.91 Å². The lowest BCUT2D eigenvalue weighted by atomic mass is 10.0. The molecule has 0 saturated heterocycles.